The van der Waals surface area contributed by atoms with Gasteiger partial charge in [0.25, 0.3) is 0 Å². The van der Waals surface area contributed by atoms with Crippen molar-refractivity contribution in [3.05, 3.63) is 65.7 Å². The third kappa shape index (κ3) is 6.91. The number of amides is 1. The Hall–Kier alpha value is -1.59. The minimum absolute atomic E-state index is 0. The van der Waals surface area contributed by atoms with Gasteiger partial charge >= 0.3 is 0 Å². The fourth-order valence-corrected chi connectivity index (χ4v) is 1.96. The van der Waals surface area contributed by atoms with Crippen LogP contribution in [0.2, 0.25) is 0 Å². The summed E-state index contributed by atoms with van der Waals surface area (Å²) in [7, 11) is 0. The predicted molar refractivity (Wildman–Crippen MR) is 95.6 cm³/mol. The second-order valence-electron chi connectivity index (χ2n) is 4.61. The molecule has 0 aromatic heterocycles. The lowest BCUT2D eigenvalue weighted by Crippen LogP contribution is -2.24. The zero-order chi connectivity index (χ0) is 14.2. The Labute approximate surface area is 143 Å². The first-order chi connectivity index (χ1) is 9.78. The molecule has 22 heavy (non-hydrogen) atoms. The molecule has 0 fully saturated rings. The van der Waals surface area contributed by atoms with Crippen LogP contribution in [0.4, 0.5) is 5.69 Å². The summed E-state index contributed by atoms with van der Waals surface area (Å²) in [4.78, 5) is 11.9. The zero-order valence-corrected chi connectivity index (χ0v) is 13.8. The Kier molecular flexibility index (Phi) is 10.2. The van der Waals surface area contributed by atoms with Crippen LogP contribution in [-0.2, 0) is 17.6 Å². The summed E-state index contributed by atoms with van der Waals surface area (Å²) in [5.41, 5.74) is 5.63. The minimum Gasteiger partial charge on any atom is -0.326 e. The van der Waals surface area contributed by atoms with E-state index in [0.717, 1.165) is 24.2 Å². The zero-order valence-electron chi connectivity index (χ0n) is 12.1. The maximum absolute atomic E-state index is 11.9. The van der Waals surface area contributed by atoms with Crippen molar-refractivity contribution < 1.29 is 4.79 Å². The first-order valence-corrected chi connectivity index (χ1v) is 6.64. The number of nitrogens with two attached hydrogens (primary N) is 1. The van der Waals surface area contributed by atoms with E-state index in [4.69, 9.17) is 5.84 Å². The van der Waals surface area contributed by atoms with Crippen LogP contribution in [0.5, 0.6) is 0 Å². The van der Waals surface area contributed by atoms with Crippen molar-refractivity contribution >= 4 is 36.4 Å². The molecule has 4 nitrogen and oxygen atoms in total. The summed E-state index contributed by atoms with van der Waals surface area (Å²) >= 11 is 0. The van der Waals surface area contributed by atoms with Gasteiger partial charge in [0.2, 0.25) is 5.91 Å². The maximum atomic E-state index is 11.9. The van der Waals surface area contributed by atoms with Crippen molar-refractivity contribution in [2.24, 2.45) is 5.84 Å². The number of hydrogen-bond acceptors (Lipinski definition) is 3. The van der Waals surface area contributed by atoms with Crippen LogP contribution in [0.15, 0.2) is 54.6 Å². The number of hydrazine groups is 1. The summed E-state index contributed by atoms with van der Waals surface area (Å²) in [5.74, 6) is 5.23. The van der Waals surface area contributed by atoms with E-state index in [2.05, 4.69) is 10.7 Å². The molecule has 0 spiro atoms. The number of carbonyl (C=O) groups excluding carboxylic acids is 1. The van der Waals surface area contributed by atoms with Gasteiger partial charge in [0.05, 0.1) is 6.42 Å². The molecular formula is C16H21Cl2N3O. The molecule has 0 bridgehead atoms. The smallest absolute Gasteiger partial charge is 0.228 e. The Morgan fingerprint density at radius 1 is 0.909 bits per heavy atom. The highest BCUT2D eigenvalue weighted by Crippen LogP contribution is 2.10. The maximum Gasteiger partial charge on any atom is 0.228 e. The molecule has 0 saturated carbocycles. The van der Waals surface area contributed by atoms with Crippen molar-refractivity contribution in [1.82, 2.24) is 5.43 Å². The van der Waals surface area contributed by atoms with Gasteiger partial charge in [-0.1, -0.05) is 42.5 Å². The fraction of sp³-hybridized carbons (Fsp3) is 0.188. The number of benzene rings is 2. The van der Waals surface area contributed by atoms with Crippen molar-refractivity contribution in [3.63, 3.8) is 0 Å². The van der Waals surface area contributed by atoms with Crippen molar-refractivity contribution in [2.75, 3.05) is 11.9 Å². The monoisotopic (exact) mass is 341 g/mol. The molecule has 0 aliphatic carbocycles. The first-order valence-electron chi connectivity index (χ1n) is 6.64. The molecule has 0 aliphatic heterocycles. The molecule has 2 aromatic carbocycles. The predicted octanol–water partition coefficient (Wildman–Crippen LogP) is 2.72. The van der Waals surface area contributed by atoms with E-state index < -0.39 is 0 Å². The molecule has 0 aliphatic rings. The van der Waals surface area contributed by atoms with Crippen molar-refractivity contribution in [3.8, 4) is 0 Å². The number of halogens is 2. The highest BCUT2D eigenvalue weighted by Gasteiger charge is 2.03. The van der Waals surface area contributed by atoms with Crippen LogP contribution >= 0.6 is 24.8 Å². The minimum atomic E-state index is -0.00688. The van der Waals surface area contributed by atoms with Gasteiger partial charge in [0.1, 0.15) is 0 Å². The third-order valence-electron chi connectivity index (χ3n) is 3.00. The van der Waals surface area contributed by atoms with E-state index in [1.54, 1.807) is 0 Å². The van der Waals surface area contributed by atoms with E-state index >= 15 is 0 Å². The SMILES string of the molecule is Cl.Cl.NNCCc1ccc(NC(=O)Cc2ccccc2)cc1. The van der Waals surface area contributed by atoms with Gasteiger partial charge in [-0.2, -0.15) is 0 Å². The van der Waals surface area contributed by atoms with E-state index in [-0.39, 0.29) is 30.7 Å². The molecule has 0 unspecified atom stereocenters. The molecule has 0 heterocycles. The molecule has 0 radical (unpaired) electrons. The topological polar surface area (TPSA) is 67.2 Å². The normalized spacial score (nSPS) is 9.32. The van der Waals surface area contributed by atoms with Gasteiger partial charge < -0.3 is 5.32 Å². The molecular weight excluding hydrogens is 321 g/mol. The number of hydrogen-bond donors (Lipinski definition) is 3. The van der Waals surface area contributed by atoms with Gasteiger partial charge in [0, 0.05) is 12.2 Å². The lowest BCUT2D eigenvalue weighted by molar-refractivity contribution is -0.115. The Bertz CT molecular complexity index is 547. The second-order valence-corrected chi connectivity index (χ2v) is 4.61. The van der Waals surface area contributed by atoms with Crippen LogP contribution in [-0.4, -0.2) is 12.5 Å². The quantitative estimate of drug-likeness (QED) is 0.559. The second kappa shape index (κ2) is 11.0. The molecule has 4 N–H and O–H groups in total. The van der Waals surface area contributed by atoms with Gasteiger partial charge in [-0.25, -0.2) is 0 Å². The summed E-state index contributed by atoms with van der Waals surface area (Å²) in [6, 6.07) is 17.5. The molecule has 1 amide bonds. The van der Waals surface area contributed by atoms with Crippen LogP contribution in [0.25, 0.3) is 0 Å². The van der Waals surface area contributed by atoms with Gasteiger partial charge in [-0.05, 0) is 29.7 Å². The molecule has 2 aromatic rings. The average molecular weight is 342 g/mol. The number of nitrogens with one attached hydrogen (secondary N) is 2. The summed E-state index contributed by atoms with van der Waals surface area (Å²) < 4.78 is 0. The highest BCUT2D eigenvalue weighted by molar-refractivity contribution is 5.92. The van der Waals surface area contributed by atoms with E-state index in [0.29, 0.717) is 6.42 Å². The van der Waals surface area contributed by atoms with Gasteiger partial charge in [-0.3, -0.25) is 16.1 Å². The lowest BCUT2D eigenvalue weighted by atomic mass is 10.1. The molecule has 2 rings (SSSR count). The van der Waals surface area contributed by atoms with Gasteiger partial charge in [0.15, 0.2) is 0 Å². The van der Waals surface area contributed by atoms with Crippen LogP contribution in [0.3, 0.4) is 0 Å². The Balaban J connectivity index is 0.00000220. The van der Waals surface area contributed by atoms with E-state index in [9.17, 15) is 4.79 Å². The Morgan fingerprint density at radius 2 is 1.55 bits per heavy atom. The lowest BCUT2D eigenvalue weighted by Gasteiger charge is -2.07. The van der Waals surface area contributed by atoms with Crippen LogP contribution in [0, 0.1) is 0 Å². The fourth-order valence-electron chi connectivity index (χ4n) is 1.96. The van der Waals surface area contributed by atoms with Crippen molar-refractivity contribution in [2.45, 2.75) is 12.8 Å². The molecule has 0 saturated heterocycles. The molecule has 120 valence electrons. The number of anilines is 1. The molecule has 0 atom stereocenters. The largest absolute Gasteiger partial charge is 0.326 e. The average Bonchev–Trinajstić information content (AvgIpc) is 2.47. The van der Waals surface area contributed by atoms with E-state index in [1.165, 1.54) is 5.56 Å². The van der Waals surface area contributed by atoms with Crippen LogP contribution in [0.1, 0.15) is 11.1 Å². The van der Waals surface area contributed by atoms with E-state index in [1.807, 2.05) is 54.6 Å². The summed E-state index contributed by atoms with van der Waals surface area (Å²) in [5, 5.41) is 2.89. The van der Waals surface area contributed by atoms with Gasteiger partial charge in [-0.15, -0.1) is 24.8 Å². The standard InChI is InChI=1S/C16H19N3O.2ClH/c17-18-11-10-13-6-8-15(9-7-13)19-16(20)12-14-4-2-1-3-5-14;;/h1-9,18H,10-12,17H2,(H,19,20);2*1H. The first kappa shape index (κ1) is 20.4. The number of rotatable bonds is 6. The summed E-state index contributed by atoms with van der Waals surface area (Å²) in [6.07, 6.45) is 1.26. The number of carbonyl (C=O) groups is 1. The third-order valence-corrected chi connectivity index (χ3v) is 3.00. The summed E-state index contributed by atoms with van der Waals surface area (Å²) in [6.45, 7) is 0.736. The van der Waals surface area contributed by atoms with Crippen molar-refractivity contribution in [1.29, 1.82) is 0 Å². The Morgan fingerprint density at radius 3 is 2.14 bits per heavy atom. The van der Waals surface area contributed by atoms with Crippen LogP contribution < -0.4 is 16.6 Å². The highest BCUT2D eigenvalue weighted by atomic mass is 35.5. The molecule has 6 heteroatoms.